The maximum absolute atomic E-state index is 12.9. The molecule has 0 bridgehead atoms. The van der Waals surface area contributed by atoms with Gasteiger partial charge in [-0.25, -0.2) is 38.1 Å². The first-order chi connectivity index (χ1) is 41.5. The zero-order valence-corrected chi connectivity index (χ0v) is 47.6. The number of phenols is 1. The van der Waals surface area contributed by atoms with Crippen molar-refractivity contribution in [3.05, 3.63) is 50.2 Å². The minimum absolute atomic E-state index is 0.0174. The fourth-order valence-corrected chi connectivity index (χ4v) is 9.16. The minimum atomic E-state index is -5.39. The Labute approximate surface area is 499 Å². The smallest absolute Gasteiger partial charge is 0.473 e. The first-order valence-electron chi connectivity index (χ1n) is 26.5. The Morgan fingerprint density at radius 3 is 1.30 bits per heavy atom. The number of carbonyl (C=O) groups excluding carboxylic acids is 6. The summed E-state index contributed by atoms with van der Waals surface area (Å²) in [5, 5.41) is 120. The molecule has 20 N–H and O–H groups in total. The van der Waals surface area contributed by atoms with Crippen molar-refractivity contribution in [3.63, 3.8) is 0 Å². The van der Waals surface area contributed by atoms with Gasteiger partial charge in [0.15, 0.2) is 0 Å². The summed E-state index contributed by atoms with van der Waals surface area (Å²) >= 11 is 0. The predicted molar refractivity (Wildman–Crippen MR) is 290 cm³/mol. The maximum atomic E-state index is 12.9. The number of β-amino-alcohol motifs (C(OH)–C–C–N with tert-alkyl or cyclic N) is 1. The number of rotatable bonds is 40. The second-order valence-corrected chi connectivity index (χ2v) is 21.2. The first-order valence-corrected chi connectivity index (χ1v) is 28.0. The fraction of sp³-hybridized carbons (Fsp3) is 0.531. The summed E-state index contributed by atoms with van der Waals surface area (Å²) in [6, 6.07) is -6.87. The van der Waals surface area contributed by atoms with Crippen LogP contribution in [-0.2, 0) is 82.4 Å². The van der Waals surface area contributed by atoms with E-state index in [1.54, 1.807) is 0 Å². The molecule has 1 aliphatic rings. The molecular formula is C49H66N9O30P. The van der Waals surface area contributed by atoms with Gasteiger partial charge >= 0.3 is 55.3 Å². The number of carbonyl (C=O) groups is 13. The van der Waals surface area contributed by atoms with Gasteiger partial charge in [-0.1, -0.05) is 6.07 Å². The molecule has 2 heterocycles. The quantitative estimate of drug-likeness (QED) is 0.0277. The van der Waals surface area contributed by atoms with Crippen molar-refractivity contribution in [2.24, 2.45) is 0 Å². The van der Waals surface area contributed by atoms with Gasteiger partial charge in [0.05, 0.1) is 18.7 Å². The highest BCUT2D eigenvalue weighted by Crippen LogP contribution is 2.45. The van der Waals surface area contributed by atoms with Gasteiger partial charge in [0, 0.05) is 56.7 Å². The molecule has 6 amide bonds. The predicted octanol–water partition coefficient (Wildman–Crippen LogP) is -5.40. The van der Waals surface area contributed by atoms with Crippen LogP contribution < -0.4 is 48.0 Å². The van der Waals surface area contributed by atoms with Crippen LogP contribution in [0.3, 0.4) is 0 Å². The van der Waals surface area contributed by atoms with Crippen LogP contribution in [-0.4, -0.2) is 222 Å². The van der Waals surface area contributed by atoms with Crippen LogP contribution in [0.4, 0.5) is 11.5 Å². The van der Waals surface area contributed by atoms with Gasteiger partial charge in [0.2, 0.25) is 35.4 Å². The molecule has 1 unspecified atom stereocenters. The summed E-state index contributed by atoms with van der Waals surface area (Å²) in [5.74, 6) is -18.7. The van der Waals surface area contributed by atoms with Crippen LogP contribution >= 0.6 is 7.82 Å². The average molecular weight is 1290 g/mol. The highest BCUT2D eigenvalue weighted by atomic mass is 31.2. The van der Waals surface area contributed by atoms with Crippen LogP contribution in [0.25, 0.3) is 0 Å². The lowest BCUT2D eigenvalue weighted by atomic mass is 9.97. The van der Waals surface area contributed by atoms with E-state index in [1.807, 2.05) is 31.9 Å². The number of anilines is 2. The van der Waals surface area contributed by atoms with Crippen molar-refractivity contribution < 1.29 is 137 Å². The van der Waals surface area contributed by atoms with Crippen LogP contribution in [0.2, 0.25) is 0 Å². The zero-order chi connectivity index (χ0) is 67.2. The van der Waals surface area contributed by atoms with E-state index in [4.69, 9.17) is 9.63 Å². The largest absolute Gasteiger partial charge is 0.508 e. The third-order valence-corrected chi connectivity index (χ3v) is 14.0. The number of nitrogens with one attached hydrogen (secondary N) is 8. The Kier molecular flexibility index (Phi) is 28.4. The number of carboxylic acids is 7. The number of aliphatic hydroxyl groups excluding tert-OH is 3. The summed E-state index contributed by atoms with van der Waals surface area (Å²) in [5.41, 5.74) is -1.05. The number of phosphoric acid groups is 1. The molecule has 0 aliphatic carbocycles. The summed E-state index contributed by atoms with van der Waals surface area (Å²) < 4.78 is 22.2. The number of aromatic hydroxyl groups is 1. The Balaban J connectivity index is 1.45. The number of benzene rings is 1. The summed E-state index contributed by atoms with van der Waals surface area (Å²) in [6.07, 6.45) is -16.6. The Morgan fingerprint density at radius 2 is 0.933 bits per heavy atom. The molecule has 0 fully saturated rings. The summed E-state index contributed by atoms with van der Waals surface area (Å²) in [4.78, 5) is 198. The molecule has 3 rings (SSSR count). The van der Waals surface area contributed by atoms with Gasteiger partial charge in [-0.2, -0.15) is 0 Å². The number of aromatic amines is 2. The number of carboxylic acid groups (broad SMARTS) is 7. The van der Waals surface area contributed by atoms with Crippen LogP contribution in [0.5, 0.6) is 5.75 Å². The third-order valence-electron chi connectivity index (χ3n) is 13.0. The van der Waals surface area contributed by atoms with Gasteiger partial charge < -0.3 is 97.9 Å². The third kappa shape index (κ3) is 24.7. The van der Waals surface area contributed by atoms with Crippen LogP contribution in [0, 0.1) is 0 Å². The molecule has 0 radical (unpaired) electrons. The molecule has 89 heavy (non-hydrogen) atoms. The molecule has 1 aromatic carbocycles. The molecule has 39 nitrogen and oxygen atoms in total. The molecule has 1 aliphatic heterocycles. The standard InChI is InChI=1S/C49H66N9O30P/c1-20(88-89(85,86)87-19-32(61)39(69)31(60)18-58-30-17-22(59)3-2-21(30)16-23-40(58)56-49(84)57-42(23)71)41(70)55-29(48(82)83)8-14-37(66)53-27(46(78)79)6-12-35(64)51-25(44(74)75)4-10-33(62)50-24(43(72)73)5-11-34(63)52-26(45(76)77)7-13-36(65)54-28(47(80)81)9-15-38(67)68/h2-3,17,20,24-29,31-32,39,59-61,69H,4-16,18-19H2,1H3,(H,50,62)(H,51,64)(H,52,63)(H,53,66)(H,54,65)(H,55,70)(H,67,68)(H,72,73)(H,74,75)(H,76,77)(H,78,79)(H,80,81)(H,82,83)(H,85,86)(H2,56,57,71,84)/t20-,24-,25-,26-,27-,28-,29-,31-,32+,39-/m0/s1. The molecule has 0 saturated carbocycles. The Bertz CT molecular complexity index is 3150. The van der Waals surface area contributed by atoms with E-state index in [9.17, 15) is 132 Å². The van der Waals surface area contributed by atoms with Gasteiger partial charge in [-0.3, -0.25) is 57.4 Å². The number of hydrogen-bond acceptors (Lipinski definition) is 23. The lowest BCUT2D eigenvalue weighted by Crippen LogP contribution is -2.47. The highest BCUT2D eigenvalue weighted by molar-refractivity contribution is 7.47. The van der Waals surface area contributed by atoms with Crippen molar-refractivity contribution in [2.75, 3.05) is 18.1 Å². The normalized spacial score (nSPS) is 15.7. The Morgan fingerprint density at radius 1 is 0.562 bits per heavy atom. The monoisotopic (exact) mass is 1290 g/mol. The molecule has 0 saturated heterocycles. The highest BCUT2D eigenvalue weighted by Gasteiger charge is 2.37. The number of hydrogen-bond donors (Lipinski definition) is 20. The lowest BCUT2D eigenvalue weighted by Gasteiger charge is -2.35. The van der Waals surface area contributed by atoms with Crippen molar-refractivity contribution in [3.8, 4) is 5.75 Å². The van der Waals surface area contributed by atoms with E-state index < -0.39 is 247 Å². The van der Waals surface area contributed by atoms with Crippen molar-refractivity contribution >= 4 is 96.6 Å². The van der Waals surface area contributed by atoms with Crippen molar-refractivity contribution in [2.45, 2.75) is 151 Å². The number of amides is 6. The Hall–Kier alpha value is -9.40. The fourth-order valence-electron chi connectivity index (χ4n) is 8.26. The van der Waals surface area contributed by atoms with E-state index in [0.717, 1.165) is 11.8 Å². The van der Waals surface area contributed by atoms with Crippen LogP contribution in [0.15, 0.2) is 27.8 Å². The van der Waals surface area contributed by atoms with Crippen LogP contribution in [0.1, 0.15) is 95.1 Å². The molecule has 11 atom stereocenters. The summed E-state index contributed by atoms with van der Waals surface area (Å²) in [6.45, 7) is -1.06. The van der Waals surface area contributed by atoms with Gasteiger partial charge in [0.1, 0.15) is 72.2 Å². The average Bonchev–Trinajstić information content (AvgIpc) is 1.39. The number of fused-ring (bicyclic) bond motifs is 2. The first kappa shape index (κ1) is 73.9. The number of aliphatic carboxylic acids is 7. The number of H-pyrrole nitrogens is 2. The number of aliphatic hydroxyl groups is 3. The molecule has 1 aromatic heterocycles. The topological polar surface area (TPSA) is 641 Å². The molecule has 492 valence electrons. The van der Waals surface area contributed by atoms with Gasteiger partial charge in [-0.05, 0) is 57.1 Å². The molecule has 2 aromatic rings. The van der Waals surface area contributed by atoms with E-state index >= 15 is 0 Å². The van der Waals surface area contributed by atoms with Gasteiger partial charge in [-0.15, -0.1) is 0 Å². The zero-order valence-electron chi connectivity index (χ0n) is 46.7. The second kappa shape index (κ2) is 34.2. The number of phosphoric ester groups is 1. The second-order valence-electron chi connectivity index (χ2n) is 19.8. The van der Waals surface area contributed by atoms with E-state index in [0.29, 0.717) is 5.56 Å². The lowest BCUT2D eigenvalue weighted by molar-refractivity contribution is -0.144. The van der Waals surface area contributed by atoms with E-state index in [2.05, 4.69) is 14.5 Å². The van der Waals surface area contributed by atoms with Gasteiger partial charge in [0.25, 0.3) is 5.56 Å². The molecule has 40 heteroatoms. The molecule has 0 spiro atoms. The van der Waals surface area contributed by atoms with Crippen molar-refractivity contribution in [1.29, 1.82) is 0 Å². The van der Waals surface area contributed by atoms with E-state index in [1.165, 1.54) is 18.2 Å². The SMILES string of the molecule is C[C@H](OP(=O)(O)OC[C@@H](O)[C@@H](O)[C@@H](O)CN1c2cc(O)ccc2Cc2c1[nH]c(=O)[nH]c2=O)C(=O)N[C@@H](CCC(=O)N[C@@H](CCC(=O)N[C@@H](CCC(=O)N[C@@H](CCC(=O)N[C@@H](CCC(=O)N[C@@H](CCC(=O)O)C(=O)O)C(=O)O)C(=O)O)C(=O)O)C(=O)O)C(=O)O. The number of nitrogens with zero attached hydrogens (tertiary/aromatic N) is 1. The van der Waals surface area contributed by atoms with Crippen molar-refractivity contribution in [1.82, 2.24) is 41.9 Å². The number of phenolic OH excluding ortho intramolecular Hbond substituents is 1. The molecular weight excluding hydrogens is 1230 g/mol. The summed E-state index contributed by atoms with van der Waals surface area (Å²) in [7, 11) is -5.39. The number of aromatic nitrogens is 2. The maximum Gasteiger partial charge on any atom is 0.473 e. The minimum Gasteiger partial charge on any atom is -0.508 e. The van der Waals surface area contributed by atoms with E-state index in [-0.39, 0.29) is 29.2 Å².